The Balaban J connectivity index is 1.96. The van der Waals surface area contributed by atoms with Gasteiger partial charge in [0.2, 0.25) is 11.8 Å². The third-order valence-corrected chi connectivity index (χ3v) is 4.84. The van der Waals surface area contributed by atoms with Crippen LogP contribution in [0.5, 0.6) is 5.75 Å². The predicted molar refractivity (Wildman–Crippen MR) is 105 cm³/mol. The van der Waals surface area contributed by atoms with Gasteiger partial charge in [-0.3, -0.25) is 9.59 Å². The summed E-state index contributed by atoms with van der Waals surface area (Å²) in [5.41, 5.74) is 1.07. The molecule has 1 heterocycles. The van der Waals surface area contributed by atoms with Gasteiger partial charge >= 0.3 is 0 Å². The second-order valence-corrected chi connectivity index (χ2v) is 7.57. The van der Waals surface area contributed by atoms with Gasteiger partial charge in [0.1, 0.15) is 11.8 Å². The zero-order chi connectivity index (χ0) is 19.8. The lowest BCUT2D eigenvalue weighted by atomic mass is 9.96. The number of amides is 2. The molecule has 1 aliphatic rings. The molecule has 0 saturated carbocycles. The van der Waals surface area contributed by atoms with Gasteiger partial charge in [0.15, 0.2) is 0 Å². The molecule has 2 atom stereocenters. The lowest BCUT2D eigenvalue weighted by Crippen LogP contribution is -2.52. The molecule has 0 spiro atoms. The number of hydrogen-bond acceptors (Lipinski definition) is 4. The van der Waals surface area contributed by atoms with Gasteiger partial charge in [-0.1, -0.05) is 32.9 Å². The van der Waals surface area contributed by atoms with Gasteiger partial charge in [0.05, 0.1) is 20.3 Å². The topological polar surface area (TPSA) is 67.9 Å². The summed E-state index contributed by atoms with van der Waals surface area (Å²) in [6.45, 7) is 8.43. The zero-order valence-corrected chi connectivity index (χ0v) is 16.9. The van der Waals surface area contributed by atoms with E-state index in [0.717, 1.165) is 11.3 Å². The fraction of sp³-hybridized carbons (Fsp3) is 0.619. The Hall–Kier alpha value is -2.08. The zero-order valence-electron chi connectivity index (χ0n) is 16.9. The lowest BCUT2D eigenvalue weighted by Gasteiger charge is -2.31. The van der Waals surface area contributed by atoms with Crippen molar-refractivity contribution in [2.24, 2.45) is 5.92 Å². The van der Waals surface area contributed by atoms with Crippen molar-refractivity contribution in [2.45, 2.75) is 45.6 Å². The Morgan fingerprint density at radius 3 is 2.33 bits per heavy atom. The van der Waals surface area contributed by atoms with Crippen LogP contribution in [0.1, 0.15) is 45.1 Å². The molecule has 1 fully saturated rings. The summed E-state index contributed by atoms with van der Waals surface area (Å²) < 4.78 is 10.5. The smallest absolute Gasteiger partial charge is 0.245 e. The van der Waals surface area contributed by atoms with Crippen molar-refractivity contribution in [3.05, 3.63) is 29.8 Å². The van der Waals surface area contributed by atoms with Gasteiger partial charge in [-0.15, -0.1) is 0 Å². The number of hydrogen-bond donors (Lipinski definition) is 1. The average molecular weight is 376 g/mol. The molecule has 2 amide bonds. The molecule has 150 valence electrons. The van der Waals surface area contributed by atoms with Gasteiger partial charge in [-0.05, 0) is 36.0 Å². The number of nitrogens with zero attached hydrogens (tertiary/aromatic N) is 1. The molecule has 0 aliphatic carbocycles. The van der Waals surface area contributed by atoms with Crippen molar-refractivity contribution in [1.82, 2.24) is 10.2 Å². The van der Waals surface area contributed by atoms with E-state index >= 15 is 0 Å². The molecule has 6 heteroatoms. The van der Waals surface area contributed by atoms with E-state index in [2.05, 4.69) is 19.2 Å². The maximum Gasteiger partial charge on any atom is 0.245 e. The maximum atomic E-state index is 12.8. The number of nitrogens with one attached hydrogen (secondary N) is 1. The van der Waals surface area contributed by atoms with E-state index in [1.54, 1.807) is 12.0 Å². The van der Waals surface area contributed by atoms with Crippen LogP contribution in [0.3, 0.4) is 0 Å². The normalized spacial score (nSPS) is 16.7. The van der Waals surface area contributed by atoms with Gasteiger partial charge in [-0.2, -0.15) is 0 Å². The Kier molecular flexibility index (Phi) is 8.10. The van der Waals surface area contributed by atoms with E-state index in [9.17, 15) is 9.59 Å². The molecule has 2 rings (SSSR count). The first kappa shape index (κ1) is 21.2. The maximum absolute atomic E-state index is 12.8. The molecule has 27 heavy (non-hydrogen) atoms. The molecule has 1 saturated heterocycles. The second kappa shape index (κ2) is 10.3. The van der Waals surface area contributed by atoms with E-state index in [1.165, 1.54) is 0 Å². The number of benzene rings is 1. The van der Waals surface area contributed by atoms with Gasteiger partial charge in [0, 0.05) is 19.5 Å². The Bertz CT molecular complexity index is 609. The molecule has 1 aromatic carbocycles. The monoisotopic (exact) mass is 376 g/mol. The van der Waals surface area contributed by atoms with Crippen LogP contribution in [0.15, 0.2) is 24.3 Å². The minimum absolute atomic E-state index is 0.00236. The molecule has 1 N–H and O–H groups in total. The van der Waals surface area contributed by atoms with Crippen LogP contribution < -0.4 is 10.1 Å². The quantitative estimate of drug-likeness (QED) is 0.757. The van der Waals surface area contributed by atoms with E-state index in [1.807, 2.05) is 31.2 Å². The highest BCUT2D eigenvalue weighted by molar-refractivity contribution is 5.88. The highest BCUT2D eigenvalue weighted by atomic mass is 16.5. The molecule has 1 aromatic rings. The summed E-state index contributed by atoms with van der Waals surface area (Å²) in [5.74, 6) is 1.08. The first-order valence-electron chi connectivity index (χ1n) is 9.70. The minimum atomic E-state index is -0.473. The van der Waals surface area contributed by atoms with Crippen molar-refractivity contribution < 1.29 is 19.1 Å². The molecule has 1 unspecified atom stereocenters. The van der Waals surface area contributed by atoms with Gasteiger partial charge < -0.3 is 19.7 Å². The first-order valence-corrected chi connectivity index (χ1v) is 9.70. The fourth-order valence-corrected chi connectivity index (χ4v) is 3.28. The Labute approximate surface area is 162 Å². The molecule has 0 radical (unpaired) electrons. The van der Waals surface area contributed by atoms with Crippen molar-refractivity contribution in [3.8, 4) is 5.75 Å². The molecule has 0 aromatic heterocycles. The number of rotatable bonds is 8. The van der Waals surface area contributed by atoms with Crippen LogP contribution in [0.4, 0.5) is 0 Å². The molecule has 6 nitrogen and oxygen atoms in total. The number of morpholine rings is 1. The van der Waals surface area contributed by atoms with Crippen molar-refractivity contribution in [3.63, 3.8) is 0 Å². The summed E-state index contributed by atoms with van der Waals surface area (Å²) in [6, 6.07) is 7.27. The average Bonchev–Trinajstić information content (AvgIpc) is 2.67. The molecular weight excluding hydrogens is 344 g/mol. The van der Waals surface area contributed by atoms with E-state index in [0.29, 0.717) is 45.1 Å². The lowest BCUT2D eigenvalue weighted by molar-refractivity contribution is -0.140. The SMILES string of the molecule is COc1ccc(C(C)CC(=O)N[C@H](CC(C)C)C(=O)N2CCOCC2)cc1. The first-order chi connectivity index (χ1) is 12.9. The van der Waals surface area contributed by atoms with Crippen LogP contribution in [-0.2, 0) is 14.3 Å². The number of methoxy groups -OCH3 is 1. The summed E-state index contributed by atoms with van der Waals surface area (Å²) in [7, 11) is 1.63. The standard InChI is InChI=1S/C21H32N2O4/c1-15(2)13-19(21(25)23-9-11-27-12-10-23)22-20(24)14-16(3)17-5-7-18(26-4)8-6-17/h5-8,15-16,19H,9-14H2,1-4H3,(H,22,24)/t16?,19-/m1/s1. The summed E-state index contributed by atoms with van der Waals surface area (Å²) >= 11 is 0. The largest absolute Gasteiger partial charge is 0.497 e. The summed E-state index contributed by atoms with van der Waals surface area (Å²) in [4.78, 5) is 27.2. The summed E-state index contributed by atoms with van der Waals surface area (Å²) in [6.07, 6.45) is 0.982. The van der Waals surface area contributed by atoms with E-state index in [-0.39, 0.29) is 17.7 Å². The van der Waals surface area contributed by atoms with E-state index < -0.39 is 6.04 Å². The second-order valence-electron chi connectivity index (χ2n) is 7.57. The Morgan fingerprint density at radius 2 is 1.78 bits per heavy atom. The molecule has 1 aliphatic heterocycles. The van der Waals surface area contributed by atoms with Crippen LogP contribution in [-0.4, -0.2) is 56.2 Å². The fourth-order valence-electron chi connectivity index (χ4n) is 3.28. The Morgan fingerprint density at radius 1 is 1.15 bits per heavy atom. The van der Waals surface area contributed by atoms with Gasteiger partial charge in [0.25, 0.3) is 0 Å². The van der Waals surface area contributed by atoms with Crippen LogP contribution >= 0.6 is 0 Å². The van der Waals surface area contributed by atoms with Crippen molar-refractivity contribution in [1.29, 1.82) is 0 Å². The number of carbonyl (C=O) groups is 2. The van der Waals surface area contributed by atoms with Crippen LogP contribution in [0.2, 0.25) is 0 Å². The highest BCUT2D eigenvalue weighted by Crippen LogP contribution is 2.22. The highest BCUT2D eigenvalue weighted by Gasteiger charge is 2.28. The minimum Gasteiger partial charge on any atom is -0.497 e. The molecule has 0 bridgehead atoms. The van der Waals surface area contributed by atoms with E-state index in [4.69, 9.17) is 9.47 Å². The van der Waals surface area contributed by atoms with Crippen LogP contribution in [0.25, 0.3) is 0 Å². The third-order valence-electron chi connectivity index (χ3n) is 4.84. The predicted octanol–water partition coefficient (Wildman–Crippen LogP) is 2.58. The van der Waals surface area contributed by atoms with Crippen molar-refractivity contribution in [2.75, 3.05) is 33.4 Å². The molecular formula is C21H32N2O4. The third kappa shape index (κ3) is 6.54. The van der Waals surface area contributed by atoms with Crippen molar-refractivity contribution >= 4 is 11.8 Å². The summed E-state index contributed by atoms with van der Waals surface area (Å²) in [5, 5.41) is 2.97. The number of ether oxygens (including phenoxy) is 2. The van der Waals surface area contributed by atoms with Crippen LogP contribution in [0, 0.1) is 5.92 Å². The van der Waals surface area contributed by atoms with Gasteiger partial charge in [-0.25, -0.2) is 0 Å². The number of carbonyl (C=O) groups excluding carboxylic acids is 2.